The number of hydrogen-bond donors (Lipinski definition) is 0. The first-order chi connectivity index (χ1) is 14.5. The van der Waals surface area contributed by atoms with Crippen molar-refractivity contribution in [3.8, 4) is 28.0 Å². The van der Waals surface area contributed by atoms with Gasteiger partial charge in [0.05, 0.1) is 0 Å². The lowest BCUT2D eigenvalue weighted by Crippen LogP contribution is -2.17. The lowest BCUT2D eigenvalue weighted by Gasteiger charge is -2.28. The van der Waals surface area contributed by atoms with Gasteiger partial charge >= 0.3 is 5.97 Å². The van der Waals surface area contributed by atoms with Crippen molar-refractivity contribution in [1.29, 1.82) is 0 Å². The summed E-state index contributed by atoms with van der Waals surface area (Å²) >= 11 is 0. The Hall–Kier alpha value is -3.07. The normalized spacial score (nSPS) is 11.8. The summed E-state index contributed by atoms with van der Waals surface area (Å²) in [5.74, 6) is 0.00300. The Labute approximate surface area is 186 Å². The fourth-order valence-corrected chi connectivity index (χ4v) is 3.64. The molecule has 0 heterocycles. The second-order valence-corrected chi connectivity index (χ2v) is 9.99. The van der Waals surface area contributed by atoms with Gasteiger partial charge < -0.3 is 0 Å². The Morgan fingerprint density at radius 2 is 1.35 bits per heavy atom. The molecule has 31 heavy (non-hydrogen) atoms. The van der Waals surface area contributed by atoms with E-state index in [1.165, 1.54) is 18.1 Å². The van der Waals surface area contributed by atoms with Gasteiger partial charge in [0.1, 0.15) is 0 Å². The molecule has 162 valence electrons. The lowest BCUT2D eigenvalue weighted by molar-refractivity contribution is -0.210. The van der Waals surface area contributed by atoms with Gasteiger partial charge in [0.25, 0.3) is 0 Å². The van der Waals surface area contributed by atoms with Crippen LogP contribution in [0.4, 0.5) is 0 Å². The molecule has 0 aliphatic carbocycles. The van der Waals surface area contributed by atoms with Gasteiger partial charge in [-0.25, -0.2) is 4.79 Å². The van der Waals surface area contributed by atoms with Gasteiger partial charge in [-0.15, -0.1) is 0 Å². The fourth-order valence-electron chi connectivity index (χ4n) is 3.64. The Balaban J connectivity index is 2.26. The first-order valence-electron chi connectivity index (χ1n) is 10.7. The molecule has 0 amide bonds. The van der Waals surface area contributed by atoms with E-state index in [1.54, 1.807) is 0 Å². The second kappa shape index (κ2) is 8.58. The fraction of sp³-hybridized carbons (Fsp3) is 0.321. The standard InChI is InChI=1S/C28H32O3/c1-19(29)30-31-22-14-16-23(20-11-9-8-10-12-20)25(18-22)24-15-13-21(27(2,3)4)17-26(24)28(5,6)7/h8-18H,1-7H3. The third kappa shape index (κ3) is 5.35. The Morgan fingerprint density at radius 1 is 0.710 bits per heavy atom. The maximum Gasteiger partial charge on any atom is 0.352 e. The number of carbonyl (C=O) groups is 1. The van der Waals surface area contributed by atoms with Crippen LogP contribution in [0.5, 0.6) is 5.75 Å². The molecule has 0 fully saturated rings. The molecule has 0 aliphatic rings. The quantitative estimate of drug-likeness (QED) is 0.327. The van der Waals surface area contributed by atoms with Crippen molar-refractivity contribution >= 4 is 5.97 Å². The minimum absolute atomic E-state index is 0.0566. The Morgan fingerprint density at radius 3 is 1.94 bits per heavy atom. The highest BCUT2D eigenvalue weighted by molar-refractivity contribution is 5.86. The summed E-state index contributed by atoms with van der Waals surface area (Å²) in [6.07, 6.45) is 0. The van der Waals surface area contributed by atoms with Crippen molar-refractivity contribution in [2.75, 3.05) is 0 Å². The predicted molar refractivity (Wildman–Crippen MR) is 127 cm³/mol. The van der Waals surface area contributed by atoms with E-state index in [0.717, 1.165) is 22.3 Å². The van der Waals surface area contributed by atoms with Crippen molar-refractivity contribution in [1.82, 2.24) is 0 Å². The summed E-state index contributed by atoms with van der Waals surface area (Å²) in [4.78, 5) is 21.3. The Bertz CT molecular complexity index is 1070. The minimum Gasteiger partial charge on any atom is -0.287 e. The molecular formula is C28H32O3. The summed E-state index contributed by atoms with van der Waals surface area (Å²) in [5.41, 5.74) is 6.98. The molecule has 0 saturated heterocycles. The number of carbonyl (C=O) groups excluding carboxylic acids is 1. The molecule has 0 aromatic heterocycles. The molecule has 0 spiro atoms. The summed E-state index contributed by atoms with van der Waals surface area (Å²) in [5, 5.41) is 0. The lowest BCUT2D eigenvalue weighted by atomic mass is 9.76. The van der Waals surface area contributed by atoms with E-state index in [1.807, 2.05) is 36.4 Å². The molecule has 0 bridgehead atoms. The summed E-state index contributed by atoms with van der Waals surface area (Å²) in [6, 6.07) is 22.8. The van der Waals surface area contributed by atoms with Crippen LogP contribution in [0.2, 0.25) is 0 Å². The molecule has 0 aliphatic heterocycles. The van der Waals surface area contributed by atoms with Gasteiger partial charge in [-0.1, -0.05) is 90.1 Å². The highest BCUT2D eigenvalue weighted by Gasteiger charge is 2.24. The highest BCUT2D eigenvalue weighted by atomic mass is 17.2. The van der Waals surface area contributed by atoms with Crippen LogP contribution >= 0.6 is 0 Å². The van der Waals surface area contributed by atoms with Crippen molar-refractivity contribution < 1.29 is 14.6 Å². The molecule has 3 heteroatoms. The number of benzene rings is 3. The van der Waals surface area contributed by atoms with Crippen LogP contribution in [0.15, 0.2) is 66.7 Å². The van der Waals surface area contributed by atoms with Crippen LogP contribution in [-0.2, 0) is 20.5 Å². The van der Waals surface area contributed by atoms with Crippen molar-refractivity contribution in [2.24, 2.45) is 0 Å². The minimum atomic E-state index is -0.487. The average Bonchev–Trinajstić information content (AvgIpc) is 2.71. The number of rotatable bonds is 4. The molecule has 3 nitrogen and oxygen atoms in total. The summed E-state index contributed by atoms with van der Waals surface area (Å²) in [7, 11) is 0. The van der Waals surface area contributed by atoms with E-state index in [-0.39, 0.29) is 10.8 Å². The van der Waals surface area contributed by atoms with Crippen LogP contribution in [0, 0.1) is 0 Å². The van der Waals surface area contributed by atoms with Crippen LogP contribution < -0.4 is 4.89 Å². The molecule has 3 rings (SSSR count). The first-order valence-corrected chi connectivity index (χ1v) is 10.7. The summed E-state index contributed by atoms with van der Waals surface area (Å²) < 4.78 is 0. The highest BCUT2D eigenvalue weighted by Crippen LogP contribution is 2.41. The maximum absolute atomic E-state index is 11.2. The van der Waals surface area contributed by atoms with Crippen molar-refractivity contribution in [3.05, 3.63) is 77.9 Å². The first kappa shape index (κ1) is 22.6. The molecule has 0 N–H and O–H groups in total. The van der Waals surface area contributed by atoms with E-state index in [2.05, 4.69) is 71.9 Å². The average molecular weight is 417 g/mol. The van der Waals surface area contributed by atoms with E-state index >= 15 is 0 Å². The van der Waals surface area contributed by atoms with Crippen molar-refractivity contribution in [3.63, 3.8) is 0 Å². The van der Waals surface area contributed by atoms with Gasteiger partial charge in [0.2, 0.25) is 0 Å². The molecular weight excluding hydrogens is 384 g/mol. The molecule has 0 unspecified atom stereocenters. The van der Waals surface area contributed by atoms with Crippen LogP contribution in [0.25, 0.3) is 22.3 Å². The van der Waals surface area contributed by atoms with Crippen molar-refractivity contribution in [2.45, 2.75) is 59.3 Å². The largest absolute Gasteiger partial charge is 0.352 e. The van der Waals surface area contributed by atoms with Gasteiger partial charge in [0.15, 0.2) is 5.75 Å². The summed E-state index contributed by atoms with van der Waals surface area (Å²) in [6.45, 7) is 14.7. The van der Waals surface area contributed by atoms with Crippen LogP contribution in [-0.4, -0.2) is 5.97 Å². The van der Waals surface area contributed by atoms with Gasteiger partial charge in [-0.3, -0.25) is 9.78 Å². The molecule has 3 aromatic carbocycles. The predicted octanol–water partition coefficient (Wildman–Crippen LogP) is 7.47. The monoisotopic (exact) mass is 416 g/mol. The van der Waals surface area contributed by atoms with Gasteiger partial charge in [0, 0.05) is 6.92 Å². The molecule has 0 saturated carbocycles. The van der Waals surface area contributed by atoms with E-state index < -0.39 is 5.97 Å². The smallest absolute Gasteiger partial charge is 0.287 e. The molecule has 3 aromatic rings. The third-order valence-corrected chi connectivity index (χ3v) is 5.31. The zero-order valence-electron chi connectivity index (χ0n) is 19.6. The van der Waals surface area contributed by atoms with E-state index in [4.69, 9.17) is 9.78 Å². The Kier molecular flexibility index (Phi) is 6.26. The molecule has 0 radical (unpaired) electrons. The number of hydrogen-bond acceptors (Lipinski definition) is 3. The van der Waals surface area contributed by atoms with Gasteiger partial charge in [-0.2, -0.15) is 0 Å². The van der Waals surface area contributed by atoms with Crippen LogP contribution in [0.1, 0.15) is 59.6 Å². The van der Waals surface area contributed by atoms with Gasteiger partial charge in [-0.05, 0) is 62.4 Å². The topological polar surface area (TPSA) is 35.5 Å². The third-order valence-electron chi connectivity index (χ3n) is 5.31. The SMILES string of the molecule is CC(=O)OOc1ccc(-c2ccccc2)c(-c2ccc(C(C)(C)C)cc2C(C)(C)C)c1. The zero-order valence-corrected chi connectivity index (χ0v) is 19.6. The zero-order chi connectivity index (χ0) is 22.8. The van der Waals surface area contributed by atoms with E-state index in [0.29, 0.717) is 5.75 Å². The van der Waals surface area contributed by atoms with E-state index in [9.17, 15) is 4.79 Å². The van der Waals surface area contributed by atoms with Crippen LogP contribution in [0.3, 0.4) is 0 Å². The maximum atomic E-state index is 11.2. The molecule has 0 atom stereocenters. The second-order valence-electron chi connectivity index (χ2n) is 9.99.